The molecule has 37 heavy (non-hydrogen) atoms. The van der Waals surface area contributed by atoms with Crippen molar-refractivity contribution in [2.45, 2.75) is 6.18 Å². The Morgan fingerprint density at radius 3 is 2.27 bits per heavy atom. The van der Waals surface area contributed by atoms with Gasteiger partial charge < -0.3 is 15.2 Å². The zero-order valence-electron chi connectivity index (χ0n) is 19.2. The normalized spacial score (nSPS) is 11.3. The first-order valence-electron chi connectivity index (χ1n) is 11.2. The summed E-state index contributed by atoms with van der Waals surface area (Å²) in [5.41, 5.74) is 1.38. The summed E-state index contributed by atoms with van der Waals surface area (Å²) >= 11 is 0. The van der Waals surface area contributed by atoms with Crippen LogP contribution in [0.15, 0.2) is 103 Å². The summed E-state index contributed by atoms with van der Waals surface area (Å²) in [5.74, 6) is -0.539. The fourth-order valence-corrected chi connectivity index (χ4v) is 3.93. The van der Waals surface area contributed by atoms with E-state index in [2.05, 4.69) is 15.6 Å². The molecule has 0 saturated heterocycles. The molecule has 0 atom stereocenters. The van der Waals surface area contributed by atoms with E-state index in [4.69, 9.17) is 0 Å². The number of hydrogen-bond acceptors (Lipinski definition) is 3. The van der Waals surface area contributed by atoms with Crippen molar-refractivity contribution in [3.8, 4) is 5.69 Å². The van der Waals surface area contributed by atoms with Crippen molar-refractivity contribution in [2.24, 2.45) is 0 Å². The predicted octanol–water partition coefficient (Wildman–Crippen LogP) is 6.55. The van der Waals surface area contributed by atoms with Gasteiger partial charge in [-0.05, 0) is 60.7 Å². The molecule has 3 aromatic carbocycles. The monoisotopic (exact) mass is 500 g/mol. The second-order valence-electron chi connectivity index (χ2n) is 8.18. The molecular formula is C28H19F3N4O2. The molecule has 6 nitrogen and oxygen atoms in total. The Balaban J connectivity index is 1.40. The Bertz CT molecular complexity index is 1610. The molecule has 0 spiro atoms. The second-order valence-corrected chi connectivity index (χ2v) is 8.18. The van der Waals surface area contributed by atoms with E-state index in [0.29, 0.717) is 28.1 Å². The number of alkyl halides is 3. The van der Waals surface area contributed by atoms with E-state index in [9.17, 15) is 22.8 Å². The molecule has 0 fully saturated rings. The Kier molecular flexibility index (Phi) is 6.19. The van der Waals surface area contributed by atoms with Crippen LogP contribution in [0, 0.1) is 0 Å². The Morgan fingerprint density at radius 1 is 0.757 bits per heavy atom. The molecule has 2 amide bonds. The standard InChI is InChI=1S/C28H19F3N4O2/c29-28(30,31)20-9-4-8-19(16-20)27(37)33-21-10-5-11-22(17-21)35-15-13-23-24(35)12-14-32-25(23)34-26(36)18-6-2-1-3-7-18/h1-17H,(H,33,37)(H,32,34,36). The fraction of sp³-hybridized carbons (Fsp3) is 0.0357. The molecule has 184 valence electrons. The number of anilines is 2. The summed E-state index contributed by atoms with van der Waals surface area (Å²) in [6.45, 7) is 0. The molecule has 2 N–H and O–H groups in total. The van der Waals surface area contributed by atoms with Crippen molar-refractivity contribution >= 4 is 34.2 Å². The first-order chi connectivity index (χ1) is 17.8. The van der Waals surface area contributed by atoms with Crippen LogP contribution in [0.25, 0.3) is 16.6 Å². The average Bonchev–Trinajstić information content (AvgIpc) is 3.34. The van der Waals surface area contributed by atoms with Crippen molar-refractivity contribution in [3.63, 3.8) is 0 Å². The molecular weight excluding hydrogens is 481 g/mol. The molecule has 2 aromatic heterocycles. The number of fused-ring (bicyclic) bond motifs is 1. The van der Waals surface area contributed by atoms with Crippen LogP contribution in [0.3, 0.4) is 0 Å². The molecule has 5 aromatic rings. The first kappa shape index (κ1) is 23.8. The third-order valence-electron chi connectivity index (χ3n) is 5.72. The van der Waals surface area contributed by atoms with Gasteiger partial charge in [-0.1, -0.05) is 30.3 Å². The molecule has 0 aliphatic carbocycles. The number of halogens is 3. The van der Waals surface area contributed by atoms with Crippen molar-refractivity contribution < 1.29 is 22.8 Å². The van der Waals surface area contributed by atoms with Crippen LogP contribution in [-0.2, 0) is 6.18 Å². The van der Waals surface area contributed by atoms with E-state index >= 15 is 0 Å². The maximum absolute atomic E-state index is 13.0. The van der Waals surface area contributed by atoms with Gasteiger partial charge in [-0.2, -0.15) is 13.2 Å². The number of nitrogens with zero attached hydrogens (tertiary/aromatic N) is 2. The van der Waals surface area contributed by atoms with Crippen molar-refractivity contribution in [3.05, 3.63) is 120 Å². The molecule has 0 aliphatic rings. The van der Waals surface area contributed by atoms with Crippen LogP contribution in [-0.4, -0.2) is 21.4 Å². The number of carbonyl (C=O) groups excluding carboxylic acids is 2. The van der Waals surface area contributed by atoms with Crippen LogP contribution in [0.1, 0.15) is 26.3 Å². The second kappa shape index (κ2) is 9.62. The van der Waals surface area contributed by atoms with E-state index in [1.165, 1.54) is 12.1 Å². The van der Waals surface area contributed by atoms with Crippen LogP contribution < -0.4 is 10.6 Å². The van der Waals surface area contributed by atoms with Crippen LogP contribution in [0.2, 0.25) is 0 Å². The molecule has 2 heterocycles. The lowest BCUT2D eigenvalue weighted by Crippen LogP contribution is -2.14. The van der Waals surface area contributed by atoms with Gasteiger partial charge in [0.25, 0.3) is 11.8 Å². The highest BCUT2D eigenvalue weighted by Gasteiger charge is 2.30. The summed E-state index contributed by atoms with van der Waals surface area (Å²) in [5, 5.41) is 6.20. The lowest BCUT2D eigenvalue weighted by Gasteiger charge is -2.11. The number of rotatable bonds is 5. The minimum atomic E-state index is -4.54. The Hall–Kier alpha value is -4.92. The number of hydrogen-bond donors (Lipinski definition) is 2. The third-order valence-corrected chi connectivity index (χ3v) is 5.72. The smallest absolute Gasteiger partial charge is 0.322 e. The Morgan fingerprint density at radius 2 is 1.49 bits per heavy atom. The van der Waals surface area contributed by atoms with Gasteiger partial charge in [0.15, 0.2) is 0 Å². The Labute approximate surface area is 209 Å². The summed E-state index contributed by atoms with van der Waals surface area (Å²) in [6, 6.07) is 23.6. The highest BCUT2D eigenvalue weighted by molar-refractivity contribution is 6.08. The maximum atomic E-state index is 13.0. The SMILES string of the molecule is O=C(Nc1cccc(-n2ccc3c(NC(=O)c4ccccc4)nccc32)c1)c1cccc(C(F)(F)F)c1. The van der Waals surface area contributed by atoms with E-state index in [1.54, 1.807) is 60.9 Å². The van der Waals surface area contributed by atoms with Gasteiger partial charge in [-0.25, -0.2) is 4.98 Å². The zero-order valence-corrected chi connectivity index (χ0v) is 19.2. The van der Waals surface area contributed by atoms with Gasteiger partial charge in [0.1, 0.15) is 5.82 Å². The van der Waals surface area contributed by atoms with Gasteiger partial charge in [0.2, 0.25) is 0 Å². The number of pyridine rings is 1. The summed E-state index contributed by atoms with van der Waals surface area (Å²) in [4.78, 5) is 29.6. The van der Waals surface area contributed by atoms with Crippen molar-refractivity contribution in [1.82, 2.24) is 9.55 Å². The number of carbonyl (C=O) groups is 2. The lowest BCUT2D eigenvalue weighted by molar-refractivity contribution is -0.137. The zero-order chi connectivity index (χ0) is 26.0. The van der Waals surface area contributed by atoms with E-state index in [-0.39, 0.29) is 11.5 Å². The number of nitrogens with one attached hydrogen (secondary N) is 2. The largest absolute Gasteiger partial charge is 0.416 e. The molecule has 0 bridgehead atoms. The van der Waals surface area contributed by atoms with E-state index in [0.717, 1.165) is 17.6 Å². The third kappa shape index (κ3) is 5.06. The van der Waals surface area contributed by atoms with Crippen molar-refractivity contribution in [2.75, 3.05) is 10.6 Å². The molecule has 0 saturated carbocycles. The van der Waals surface area contributed by atoms with Gasteiger partial charge in [0, 0.05) is 40.3 Å². The summed E-state index contributed by atoms with van der Waals surface area (Å²) in [6.07, 6.45) is -1.16. The van der Waals surface area contributed by atoms with Gasteiger partial charge in [0.05, 0.1) is 11.1 Å². The van der Waals surface area contributed by atoms with Crippen LogP contribution in [0.4, 0.5) is 24.7 Å². The quantitative estimate of drug-likeness (QED) is 0.287. The lowest BCUT2D eigenvalue weighted by atomic mass is 10.1. The molecule has 5 rings (SSSR count). The van der Waals surface area contributed by atoms with Crippen LogP contribution >= 0.6 is 0 Å². The first-order valence-corrected chi connectivity index (χ1v) is 11.2. The topological polar surface area (TPSA) is 76.0 Å². The summed E-state index contributed by atoms with van der Waals surface area (Å²) < 4.78 is 40.9. The minimum absolute atomic E-state index is 0.100. The number of benzene rings is 3. The molecule has 0 radical (unpaired) electrons. The maximum Gasteiger partial charge on any atom is 0.416 e. The summed E-state index contributed by atoms with van der Waals surface area (Å²) in [7, 11) is 0. The van der Waals surface area contributed by atoms with Crippen molar-refractivity contribution in [1.29, 1.82) is 0 Å². The molecule has 0 aliphatic heterocycles. The van der Waals surface area contributed by atoms with Gasteiger partial charge >= 0.3 is 6.18 Å². The van der Waals surface area contributed by atoms with Crippen LogP contribution in [0.5, 0.6) is 0 Å². The minimum Gasteiger partial charge on any atom is -0.322 e. The molecule has 9 heteroatoms. The van der Waals surface area contributed by atoms with E-state index < -0.39 is 17.6 Å². The highest BCUT2D eigenvalue weighted by Crippen LogP contribution is 2.30. The van der Waals surface area contributed by atoms with Gasteiger partial charge in [-0.15, -0.1) is 0 Å². The average molecular weight is 500 g/mol. The number of aromatic nitrogens is 2. The fourth-order valence-electron chi connectivity index (χ4n) is 3.93. The van der Waals surface area contributed by atoms with Gasteiger partial charge in [-0.3, -0.25) is 9.59 Å². The highest BCUT2D eigenvalue weighted by atomic mass is 19.4. The predicted molar refractivity (Wildman–Crippen MR) is 135 cm³/mol. The number of amides is 2. The molecule has 0 unspecified atom stereocenters. The van der Waals surface area contributed by atoms with E-state index in [1.807, 2.05) is 22.8 Å².